The number of nitrogens with zero attached hydrogens (tertiary/aromatic N) is 2. The Balaban J connectivity index is 1.72. The van der Waals surface area contributed by atoms with Crippen molar-refractivity contribution in [2.75, 3.05) is 26.2 Å². The molecule has 0 radical (unpaired) electrons. The summed E-state index contributed by atoms with van der Waals surface area (Å²) in [6, 6.07) is 1.57. The number of hydrogen-bond donors (Lipinski definition) is 0. The molecule has 2 aliphatic heterocycles. The van der Waals surface area contributed by atoms with Crippen molar-refractivity contribution < 1.29 is 0 Å². The molecule has 2 aliphatic rings. The number of piperidine rings is 2. The van der Waals surface area contributed by atoms with E-state index in [4.69, 9.17) is 0 Å². The first-order valence-electron chi connectivity index (χ1n) is 10.3. The fourth-order valence-corrected chi connectivity index (χ4v) is 4.97. The summed E-state index contributed by atoms with van der Waals surface area (Å²) in [4.78, 5) is 5.50. The summed E-state index contributed by atoms with van der Waals surface area (Å²) in [5, 5.41) is 0. The molecule has 2 fully saturated rings. The topological polar surface area (TPSA) is 6.48 Å². The maximum atomic E-state index is 2.82. The van der Waals surface area contributed by atoms with Crippen molar-refractivity contribution in [3.05, 3.63) is 0 Å². The van der Waals surface area contributed by atoms with Gasteiger partial charge in [-0.3, -0.25) is 4.90 Å². The van der Waals surface area contributed by atoms with Gasteiger partial charge in [-0.05, 0) is 89.3 Å². The highest BCUT2D eigenvalue weighted by atomic mass is 15.2. The van der Waals surface area contributed by atoms with Crippen LogP contribution in [0.3, 0.4) is 0 Å². The lowest BCUT2D eigenvalue weighted by Gasteiger charge is -2.45. The minimum Gasteiger partial charge on any atom is -0.303 e. The fourth-order valence-electron chi connectivity index (χ4n) is 4.97. The van der Waals surface area contributed by atoms with E-state index < -0.39 is 0 Å². The lowest BCUT2D eigenvalue weighted by Crippen LogP contribution is -2.48. The Labute approximate surface area is 146 Å². The van der Waals surface area contributed by atoms with Crippen molar-refractivity contribution in [3.8, 4) is 0 Å². The Morgan fingerprint density at radius 1 is 0.913 bits per heavy atom. The van der Waals surface area contributed by atoms with E-state index in [1.807, 2.05) is 0 Å². The van der Waals surface area contributed by atoms with Gasteiger partial charge in [0.05, 0.1) is 0 Å². The van der Waals surface area contributed by atoms with Gasteiger partial charge < -0.3 is 4.90 Å². The molecule has 2 heteroatoms. The monoisotopic (exact) mass is 322 g/mol. The van der Waals surface area contributed by atoms with Crippen LogP contribution >= 0.6 is 0 Å². The van der Waals surface area contributed by atoms with Gasteiger partial charge in [-0.15, -0.1) is 0 Å². The number of rotatable bonds is 6. The van der Waals surface area contributed by atoms with Crippen molar-refractivity contribution in [2.24, 2.45) is 23.7 Å². The first-order chi connectivity index (χ1) is 10.9. The van der Waals surface area contributed by atoms with E-state index >= 15 is 0 Å². The molecular weight excluding hydrogens is 280 g/mol. The first-order valence-corrected chi connectivity index (χ1v) is 10.3. The van der Waals surface area contributed by atoms with Gasteiger partial charge in [0.15, 0.2) is 0 Å². The van der Waals surface area contributed by atoms with E-state index in [1.165, 1.54) is 58.3 Å². The highest BCUT2D eigenvalue weighted by Crippen LogP contribution is 2.33. The van der Waals surface area contributed by atoms with Crippen LogP contribution in [-0.4, -0.2) is 48.1 Å². The zero-order valence-electron chi connectivity index (χ0n) is 16.7. The lowest BCUT2D eigenvalue weighted by atomic mass is 9.80. The van der Waals surface area contributed by atoms with Gasteiger partial charge in [-0.2, -0.15) is 0 Å². The summed E-state index contributed by atoms with van der Waals surface area (Å²) in [6.07, 6.45) is 7.11. The van der Waals surface area contributed by atoms with Crippen LogP contribution in [0.1, 0.15) is 73.6 Å². The molecule has 2 heterocycles. The van der Waals surface area contributed by atoms with Gasteiger partial charge in [0.1, 0.15) is 0 Å². The van der Waals surface area contributed by atoms with Crippen LogP contribution in [0.25, 0.3) is 0 Å². The van der Waals surface area contributed by atoms with Crippen LogP contribution in [0.2, 0.25) is 0 Å². The molecule has 0 spiro atoms. The third-order valence-electron chi connectivity index (χ3n) is 6.49. The van der Waals surface area contributed by atoms with Gasteiger partial charge in [0.2, 0.25) is 0 Å². The van der Waals surface area contributed by atoms with Crippen molar-refractivity contribution in [3.63, 3.8) is 0 Å². The Morgan fingerprint density at radius 2 is 1.48 bits per heavy atom. The summed E-state index contributed by atoms with van der Waals surface area (Å²) in [7, 11) is 0. The molecule has 0 aliphatic carbocycles. The van der Waals surface area contributed by atoms with Crippen LogP contribution in [-0.2, 0) is 0 Å². The number of hydrogen-bond acceptors (Lipinski definition) is 2. The molecule has 136 valence electrons. The van der Waals surface area contributed by atoms with Gasteiger partial charge >= 0.3 is 0 Å². The van der Waals surface area contributed by atoms with Crippen LogP contribution in [0, 0.1) is 23.7 Å². The van der Waals surface area contributed by atoms with Gasteiger partial charge in [0.25, 0.3) is 0 Å². The third-order valence-corrected chi connectivity index (χ3v) is 6.49. The van der Waals surface area contributed by atoms with Gasteiger partial charge in [-0.25, -0.2) is 0 Å². The molecule has 2 unspecified atom stereocenters. The second-order valence-corrected chi connectivity index (χ2v) is 9.34. The predicted octanol–water partition coefficient (Wildman–Crippen LogP) is 4.89. The van der Waals surface area contributed by atoms with Gasteiger partial charge in [-0.1, -0.05) is 27.7 Å². The molecule has 0 amide bonds. The second-order valence-electron chi connectivity index (χ2n) is 9.34. The van der Waals surface area contributed by atoms with E-state index in [0.29, 0.717) is 0 Å². The molecule has 2 atom stereocenters. The quantitative estimate of drug-likeness (QED) is 0.687. The van der Waals surface area contributed by atoms with E-state index in [0.717, 1.165) is 35.8 Å². The minimum atomic E-state index is 0.784. The maximum absolute atomic E-state index is 2.82. The molecule has 0 saturated carbocycles. The van der Waals surface area contributed by atoms with Gasteiger partial charge in [0, 0.05) is 18.6 Å². The zero-order chi connectivity index (χ0) is 17.0. The summed E-state index contributed by atoms with van der Waals surface area (Å²) < 4.78 is 0. The molecule has 0 aromatic rings. The molecule has 0 N–H and O–H groups in total. The summed E-state index contributed by atoms with van der Waals surface area (Å²) >= 11 is 0. The van der Waals surface area contributed by atoms with E-state index in [2.05, 4.69) is 51.3 Å². The Hall–Kier alpha value is -0.0800. The average Bonchev–Trinajstić information content (AvgIpc) is 2.47. The molecule has 2 saturated heterocycles. The van der Waals surface area contributed by atoms with Crippen molar-refractivity contribution in [1.29, 1.82) is 0 Å². The summed E-state index contributed by atoms with van der Waals surface area (Å²) in [6.45, 7) is 19.7. The molecule has 2 rings (SSSR count). The molecule has 23 heavy (non-hydrogen) atoms. The largest absolute Gasteiger partial charge is 0.303 e. The van der Waals surface area contributed by atoms with Crippen LogP contribution in [0.4, 0.5) is 0 Å². The van der Waals surface area contributed by atoms with Crippen LogP contribution in [0.5, 0.6) is 0 Å². The average molecular weight is 323 g/mol. The Bertz CT molecular complexity index is 319. The standard InChI is InChI=1S/C21H42N2/c1-16(2)15-22-10-7-20(8-11-22)9-12-23-18(5)13-21(17(3)4)14-19(23)6/h16-21H,7-15H2,1-6H3. The van der Waals surface area contributed by atoms with E-state index in [9.17, 15) is 0 Å². The van der Waals surface area contributed by atoms with E-state index in [-0.39, 0.29) is 0 Å². The third kappa shape index (κ3) is 5.74. The highest BCUT2D eigenvalue weighted by molar-refractivity contribution is 4.86. The smallest absolute Gasteiger partial charge is 0.00724 e. The predicted molar refractivity (Wildman–Crippen MR) is 102 cm³/mol. The van der Waals surface area contributed by atoms with Crippen molar-refractivity contribution >= 4 is 0 Å². The summed E-state index contributed by atoms with van der Waals surface area (Å²) in [5.41, 5.74) is 0. The molecule has 0 bridgehead atoms. The molecule has 2 nitrogen and oxygen atoms in total. The molecular formula is C21H42N2. The first kappa shape index (κ1) is 19.2. The summed E-state index contributed by atoms with van der Waals surface area (Å²) in [5.74, 6) is 3.58. The van der Waals surface area contributed by atoms with Crippen molar-refractivity contribution in [1.82, 2.24) is 9.80 Å². The SMILES string of the molecule is CC(C)CN1CCC(CCN2C(C)CC(C(C)C)CC2C)CC1. The molecule has 0 aromatic carbocycles. The Kier molecular flexibility index (Phi) is 7.41. The molecule has 0 aromatic heterocycles. The number of likely N-dealkylation sites (tertiary alicyclic amines) is 2. The highest BCUT2D eigenvalue weighted by Gasteiger charge is 2.32. The van der Waals surface area contributed by atoms with Crippen molar-refractivity contribution in [2.45, 2.75) is 85.7 Å². The minimum absolute atomic E-state index is 0.784. The lowest BCUT2D eigenvalue weighted by molar-refractivity contribution is 0.0455. The normalized spacial score (nSPS) is 32.1. The fraction of sp³-hybridized carbons (Fsp3) is 1.00. The van der Waals surface area contributed by atoms with Crippen LogP contribution in [0.15, 0.2) is 0 Å². The maximum Gasteiger partial charge on any atom is 0.00724 e. The Morgan fingerprint density at radius 3 is 1.96 bits per heavy atom. The second kappa shape index (κ2) is 8.85. The van der Waals surface area contributed by atoms with Crippen LogP contribution < -0.4 is 0 Å². The van der Waals surface area contributed by atoms with E-state index in [1.54, 1.807) is 0 Å². The zero-order valence-corrected chi connectivity index (χ0v) is 16.7.